The maximum atomic E-state index is 12.2. The number of thiophene rings is 1. The molecule has 2 aromatic rings. The number of carbonyl (C=O) groups is 2. The normalized spacial score (nSPS) is 11.4. The third kappa shape index (κ3) is 5.31. The first-order valence-electron chi connectivity index (χ1n) is 7.60. The van der Waals surface area contributed by atoms with E-state index in [1.807, 2.05) is 23.6 Å². The van der Waals surface area contributed by atoms with Gasteiger partial charge >= 0.3 is 5.97 Å². The van der Waals surface area contributed by atoms with Crippen molar-refractivity contribution in [3.63, 3.8) is 0 Å². The van der Waals surface area contributed by atoms with Crippen molar-refractivity contribution >= 4 is 35.0 Å². The summed E-state index contributed by atoms with van der Waals surface area (Å²) in [5, 5.41) is 13.9. The summed E-state index contributed by atoms with van der Waals surface area (Å²) in [7, 11) is 0. The van der Waals surface area contributed by atoms with Crippen LogP contribution in [0.5, 0.6) is 0 Å². The zero-order valence-corrected chi connectivity index (χ0v) is 15.4. The van der Waals surface area contributed by atoms with Gasteiger partial charge in [-0.3, -0.25) is 4.79 Å². The van der Waals surface area contributed by atoms with Crippen LogP contribution in [0.3, 0.4) is 0 Å². The van der Waals surface area contributed by atoms with Crippen LogP contribution in [0.25, 0.3) is 0 Å². The Morgan fingerprint density at radius 1 is 1.44 bits per heavy atom. The first-order chi connectivity index (χ1) is 12.0. The van der Waals surface area contributed by atoms with E-state index in [1.54, 1.807) is 25.2 Å². The molecule has 25 heavy (non-hydrogen) atoms. The van der Waals surface area contributed by atoms with Gasteiger partial charge in [0.05, 0.1) is 24.0 Å². The molecule has 0 spiro atoms. The van der Waals surface area contributed by atoms with Crippen molar-refractivity contribution in [1.82, 2.24) is 10.3 Å². The highest BCUT2D eigenvalue weighted by molar-refractivity contribution is 8.00. The van der Waals surface area contributed by atoms with Crippen molar-refractivity contribution in [3.05, 3.63) is 45.8 Å². The Bertz CT molecular complexity index is 785. The number of esters is 1. The van der Waals surface area contributed by atoms with E-state index in [0.717, 1.165) is 16.6 Å². The molecule has 0 aliphatic rings. The summed E-state index contributed by atoms with van der Waals surface area (Å²) < 4.78 is 4.92. The summed E-state index contributed by atoms with van der Waals surface area (Å²) in [6.45, 7) is 4.14. The number of nitrogens with one attached hydrogen (secondary N) is 1. The Morgan fingerprint density at radius 2 is 2.24 bits per heavy atom. The maximum absolute atomic E-state index is 12.2. The lowest BCUT2D eigenvalue weighted by Gasteiger charge is -2.12. The molecule has 0 aliphatic carbocycles. The Morgan fingerprint density at radius 3 is 2.88 bits per heavy atom. The molecule has 1 atom stereocenters. The van der Waals surface area contributed by atoms with Gasteiger partial charge in [0.25, 0.3) is 0 Å². The molecule has 0 unspecified atom stereocenters. The second-order valence-corrected chi connectivity index (χ2v) is 7.30. The van der Waals surface area contributed by atoms with E-state index in [1.165, 1.54) is 12.1 Å². The van der Waals surface area contributed by atoms with E-state index in [9.17, 15) is 14.9 Å². The average molecular weight is 375 g/mol. The number of hydrogen-bond acceptors (Lipinski definition) is 7. The van der Waals surface area contributed by atoms with Crippen molar-refractivity contribution in [2.75, 3.05) is 6.61 Å². The van der Waals surface area contributed by atoms with Crippen molar-refractivity contribution in [1.29, 1.82) is 5.26 Å². The molecule has 1 N–H and O–H groups in total. The minimum atomic E-state index is -0.552. The molecule has 1 amide bonds. The van der Waals surface area contributed by atoms with Crippen LogP contribution in [0.15, 0.2) is 34.7 Å². The summed E-state index contributed by atoms with van der Waals surface area (Å²) in [6, 6.07) is 8.86. The molecule has 2 aromatic heterocycles. The average Bonchev–Trinajstić information content (AvgIpc) is 3.13. The van der Waals surface area contributed by atoms with Gasteiger partial charge in [-0.25, -0.2) is 9.78 Å². The molecule has 2 heterocycles. The Balaban J connectivity index is 2.06. The lowest BCUT2D eigenvalue weighted by atomic mass is 10.2. The van der Waals surface area contributed by atoms with Crippen LogP contribution in [-0.2, 0) is 16.1 Å². The van der Waals surface area contributed by atoms with E-state index < -0.39 is 11.2 Å². The molecule has 0 saturated heterocycles. The van der Waals surface area contributed by atoms with Crippen molar-refractivity contribution in [3.8, 4) is 6.07 Å². The zero-order valence-electron chi connectivity index (χ0n) is 13.8. The van der Waals surface area contributed by atoms with Gasteiger partial charge in [0.15, 0.2) is 0 Å². The highest BCUT2D eigenvalue weighted by atomic mass is 32.2. The Hall–Kier alpha value is -2.37. The fourth-order valence-electron chi connectivity index (χ4n) is 1.89. The van der Waals surface area contributed by atoms with Gasteiger partial charge in [-0.15, -0.1) is 11.3 Å². The molecule has 2 rings (SSSR count). The van der Waals surface area contributed by atoms with Crippen molar-refractivity contribution < 1.29 is 14.3 Å². The number of pyridine rings is 1. The number of thioether (sulfide) groups is 1. The van der Waals surface area contributed by atoms with Gasteiger partial charge in [0.2, 0.25) is 5.91 Å². The summed E-state index contributed by atoms with van der Waals surface area (Å²) >= 11 is 2.71. The van der Waals surface area contributed by atoms with Crippen LogP contribution >= 0.6 is 23.1 Å². The van der Waals surface area contributed by atoms with Gasteiger partial charge < -0.3 is 10.1 Å². The number of aromatic nitrogens is 1. The van der Waals surface area contributed by atoms with Crippen LogP contribution in [-0.4, -0.2) is 28.7 Å². The number of amides is 1. The van der Waals surface area contributed by atoms with E-state index in [-0.39, 0.29) is 18.2 Å². The summed E-state index contributed by atoms with van der Waals surface area (Å²) in [5.74, 6) is -0.714. The number of ether oxygens (including phenoxy) is 1. The van der Waals surface area contributed by atoms with Gasteiger partial charge in [0, 0.05) is 4.88 Å². The molecule has 130 valence electrons. The largest absolute Gasteiger partial charge is 0.461 e. The summed E-state index contributed by atoms with van der Waals surface area (Å²) in [5.41, 5.74) is 0.436. The van der Waals surface area contributed by atoms with Gasteiger partial charge in [-0.2, -0.15) is 5.26 Å². The van der Waals surface area contributed by atoms with Crippen molar-refractivity contribution in [2.24, 2.45) is 0 Å². The smallest absolute Gasteiger partial charge is 0.356 e. The fraction of sp³-hybridized carbons (Fsp3) is 0.294. The van der Waals surface area contributed by atoms with E-state index in [0.29, 0.717) is 17.1 Å². The lowest BCUT2D eigenvalue weighted by molar-refractivity contribution is -0.120. The lowest BCUT2D eigenvalue weighted by Crippen LogP contribution is -2.30. The third-order valence-corrected chi connectivity index (χ3v) is 5.12. The predicted octanol–water partition coefficient (Wildman–Crippen LogP) is 2.99. The maximum Gasteiger partial charge on any atom is 0.356 e. The predicted molar refractivity (Wildman–Crippen MR) is 96.4 cm³/mol. The molecule has 0 radical (unpaired) electrons. The SMILES string of the molecule is CCOC(=O)c1ccc(C#N)c(S[C@@H](C)C(=O)NCc2cccs2)n1. The highest BCUT2D eigenvalue weighted by Crippen LogP contribution is 2.25. The molecule has 0 saturated carbocycles. The second kappa shape index (κ2) is 9.20. The highest BCUT2D eigenvalue weighted by Gasteiger charge is 2.19. The summed E-state index contributed by atoms with van der Waals surface area (Å²) in [4.78, 5) is 29.3. The first-order valence-corrected chi connectivity index (χ1v) is 9.36. The number of rotatable bonds is 7. The number of nitriles is 1. The summed E-state index contributed by atoms with van der Waals surface area (Å²) in [6.07, 6.45) is 0. The van der Waals surface area contributed by atoms with Crippen molar-refractivity contribution in [2.45, 2.75) is 30.7 Å². The molecular formula is C17H17N3O3S2. The van der Waals surface area contributed by atoms with Gasteiger partial charge in [-0.05, 0) is 37.4 Å². The Kier molecular flexibility index (Phi) is 6.98. The van der Waals surface area contributed by atoms with Crippen LogP contribution < -0.4 is 5.32 Å². The molecule has 0 bridgehead atoms. The second-order valence-electron chi connectivity index (χ2n) is 4.94. The monoisotopic (exact) mass is 375 g/mol. The molecule has 0 aromatic carbocycles. The van der Waals surface area contributed by atoms with Crippen LogP contribution in [0.2, 0.25) is 0 Å². The van der Waals surface area contributed by atoms with Gasteiger partial charge in [-0.1, -0.05) is 17.8 Å². The van der Waals surface area contributed by atoms with E-state index >= 15 is 0 Å². The number of hydrogen-bond donors (Lipinski definition) is 1. The quantitative estimate of drug-likeness (QED) is 0.591. The molecule has 0 aliphatic heterocycles. The molecular weight excluding hydrogens is 358 g/mol. The number of carbonyl (C=O) groups excluding carboxylic acids is 2. The molecule has 0 fully saturated rings. The molecule has 8 heteroatoms. The van der Waals surface area contributed by atoms with Gasteiger partial charge in [0.1, 0.15) is 16.8 Å². The van der Waals surface area contributed by atoms with Crippen LogP contribution in [0.4, 0.5) is 0 Å². The van der Waals surface area contributed by atoms with Crippen LogP contribution in [0, 0.1) is 11.3 Å². The minimum Gasteiger partial charge on any atom is -0.461 e. The first kappa shape index (κ1) is 19.0. The standard InChI is InChI=1S/C17H17N3O3S2/c1-3-23-17(22)14-7-6-12(9-18)16(20-14)25-11(2)15(21)19-10-13-5-4-8-24-13/h4-8,11H,3,10H2,1-2H3,(H,19,21)/t11-/m0/s1. The zero-order chi connectivity index (χ0) is 18.2. The van der Waals surface area contributed by atoms with Crippen LogP contribution in [0.1, 0.15) is 34.8 Å². The fourth-order valence-corrected chi connectivity index (χ4v) is 3.45. The Labute approximate surface area is 154 Å². The minimum absolute atomic E-state index is 0.120. The number of nitrogens with zero attached hydrogens (tertiary/aromatic N) is 2. The topological polar surface area (TPSA) is 92.1 Å². The molecule has 6 nitrogen and oxygen atoms in total. The van der Waals surface area contributed by atoms with E-state index in [4.69, 9.17) is 4.74 Å². The van der Waals surface area contributed by atoms with E-state index in [2.05, 4.69) is 10.3 Å². The third-order valence-electron chi connectivity index (χ3n) is 3.14.